The fourth-order valence-corrected chi connectivity index (χ4v) is 4.35. The smallest absolute Gasteiger partial charge is 0.251 e. The van der Waals surface area contributed by atoms with Crippen molar-refractivity contribution in [2.45, 2.75) is 43.4 Å². The Morgan fingerprint density at radius 2 is 2.14 bits per heavy atom. The Labute approximate surface area is 131 Å². The summed E-state index contributed by atoms with van der Waals surface area (Å²) in [6.45, 7) is 2.71. The van der Waals surface area contributed by atoms with Crippen molar-refractivity contribution < 1.29 is 4.79 Å². The van der Waals surface area contributed by atoms with Gasteiger partial charge in [-0.2, -0.15) is 11.8 Å². The van der Waals surface area contributed by atoms with Crippen molar-refractivity contribution in [3.63, 3.8) is 0 Å². The second-order valence-corrected chi connectivity index (χ2v) is 7.46. The van der Waals surface area contributed by atoms with Gasteiger partial charge in [0.2, 0.25) is 0 Å². The molecule has 0 unspecified atom stereocenters. The van der Waals surface area contributed by atoms with E-state index in [1.165, 1.54) is 36.8 Å². The van der Waals surface area contributed by atoms with E-state index in [4.69, 9.17) is 0 Å². The number of nitrogens with one attached hydrogen (secondary N) is 2. The van der Waals surface area contributed by atoms with Crippen LogP contribution < -0.4 is 10.6 Å². The summed E-state index contributed by atoms with van der Waals surface area (Å²) in [6, 6.07) is 6.14. The lowest BCUT2D eigenvalue weighted by atomic mass is 9.98. The largest absolute Gasteiger partial charge is 0.351 e. The summed E-state index contributed by atoms with van der Waals surface area (Å²) >= 11 is 1.92. The van der Waals surface area contributed by atoms with Crippen molar-refractivity contribution in [3.05, 3.63) is 34.9 Å². The second-order valence-electron chi connectivity index (χ2n) is 6.19. The van der Waals surface area contributed by atoms with Crippen LogP contribution in [-0.4, -0.2) is 30.0 Å². The molecule has 3 nitrogen and oxygen atoms in total. The Kier molecular flexibility index (Phi) is 4.55. The van der Waals surface area contributed by atoms with Crippen molar-refractivity contribution in [2.75, 3.05) is 19.3 Å². The first kappa shape index (κ1) is 14.9. The molecule has 3 rings (SSSR count). The molecule has 0 spiro atoms. The highest BCUT2D eigenvalue weighted by atomic mass is 32.2. The first-order valence-electron chi connectivity index (χ1n) is 7.88. The molecule has 2 N–H and O–H groups in total. The number of fused-ring (bicyclic) bond motifs is 1. The van der Waals surface area contributed by atoms with Gasteiger partial charge in [-0.25, -0.2) is 0 Å². The molecule has 1 aromatic rings. The van der Waals surface area contributed by atoms with Crippen LogP contribution in [0.1, 0.15) is 47.2 Å². The van der Waals surface area contributed by atoms with Gasteiger partial charge in [0.25, 0.3) is 5.91 Å². The summed E-state index contributed by atoms with van der Waals surface area (Å²) in [4.78, 5) is 12.4. The van der Waals surface area contributed by atoms with Gasteiger partial charge in [0, 0.05) is 23.4 Å². The Bertz CT molecular complexity index is 524. The maximum absolute atomic E-state index is 12.4. The lowest BCUT2D eigenvalue weighted by molar-refractivity contribution is 0.0949. The van der Waals surface area contributed by atoms with E-state index in [0.29, 0.717) is 0 Å². The highest BCUT2D eigenvalue weighted by molar-refractivity contribution is 8.00. The van der Waals surface area contributed by atoms with Crippen molar-refractivity contribution in [2.24, 2.45) is 0 Å². The number of carbonyl (C=O) groups excluding carboxylic acids is 1. The van der Waals surface area contributed by atoms with E-state index < -0.39 is 0 Å². The molecular weight excluding hydrogens is 280 g/mol. The highest BCUT2D eigenvalue weighted by Gasteiger charge is 2.33. The maximum Gasteiger partial charge on any atom is 0.251 e. The van der Waals surface area contributed by atoms with Gasteiger partial charge < -0.3 is 10.6 Å². The molecule has 2 aliphatic rings. The SMILES string of the molecule is CSC1(CNC(=O)c2ccc3c(c2)CNCC3)CCCC1. The van der Waals surface area contributed by atoms with Crippen LogP contribution in [0.5, 0.6) is 0 Å². The quantitative estimate of drug-likeness (QED) is 0.898. The number of thioether (sulfide) groups is 1. The Morgan fingerprint density at radius 3 is 2.90 bits per heavy atom. The first-order valence-corrected chi connectivity index (χ1v) is 9.11. The van der Waals surface area contributed by atoms with Gasteiger partial charge >= 0.3 is 0 Å². The topological polar surface area (TPSA) is 41.1 Å². The summed E-state index contributed by atoms with van der Waals surface area (Å²) in [5.74, 6) is 0.0729. The maximum atomic E-state index is 12.4. The molecule has 1 heterocycles. The Morgan fingerprint density at radius 1 is 1.33 bits per heavy atom. The zero-order chi connectivity index (χ0) is 14.7. The molecule has 0 radical (unpaired) electrons. The molecule has 0 bridgehead atoms. The molecule has 1 saturated carbocycles. The van der Waals surface area contributed by atoms with Crippen LogP contribution in [-0.2, 0) is 13.0 Å². The van der Waals surface area contributed by atoms with E-state index in [0.717, 1.165) is 31.6 Å². The molecule has 0 aromatic heterocycles. The van der Waals surface area contributed by atoms with Crippen LogP contribution in [0.15, 0.2) is 18.2 Å². The van der Waals surface area contributed by atoms with E-state index in [-0.39, 0.29) is 10.7 Å². The van der Waals surface area contributed by atoms with E-state index in [2.05, 4.69) is 29.0 Å². The molecule has 21 heavy (non-hydrogen) atoms. The van der Waals surface area contributed by atoms with Crippen LogP contribution in [0.2, 0.25) is 0 Å². The van der Waals surface area contributed by atoms with Gasteiger partial charge in [0.15, 0.2) is 0 Å². The number of amides is 1. The predicted octanol–water partition coefficient (Wildman–Crippen LogP) is 2.74. The minimum Gasteiger partial charge on any atom is -0.351 e. The molecular formula is C17H24N2OS. The van der Waals surface area contributed by atoms with Gasteiger partial charge in [-0.15, -0.1) is 0 Å². The number of hydrogen-bond donors (Lipinski definition) is 2. The van der Waals surface area contributed by atoms with Gasteiger partial charge in [-0.3, -0.25) is 4.79 Å². The van der Waals surface area contributed by atoms with Gasteiger partial charge in [0.1, 0.15) is 0 Å². The standard InChI is InChI=1S/C17H24N2OS/c1-21-17(7-2-3-8-17)12-19-16(20)14-5-4-13-6-9-18-11-15(13)10-14/h4-5,10,18H,2-3,6-9,11-12H2,1H3,(H,19,20). The number of rotatable bonds is 4. The molecule has 1 amide bonds. The Hall–Kier alpha value is -1.00. The summed E-state index contributed by atoms with van der Waals surface area (Å²) < 4.78 is 0.269. The van der Waals surface area contributed by atoms with Crippen LogP contribution in [0.4, 0.5) is 0 Å². The molecule has 4 heteroatoms. The number of hydrogen-bond acceptors (Lipinski definition) is 3. The first-order chi connectivity index (χ1) is 10.2. The third-order valence-corrected chi connectivity index (χ3v) is 6.29. The second kappa shape index (κ2) is 6.41. The van der Waals surface area contributed by atoms with Gasteiger partial charge in [-0.05, 0) is 55.3 Å². The van der Waals surface area contributed by atoms with Crippen LogP contribution >= 0.6 is 11.8 Å². The summed E-state index contributed by atoms with van der Waals surface area (Å²) in [5, 5.41) is 6.52. The summed E-state index contributed by atoms with van der Waals surface area (Å²) in [7, 11) is 0. The zero-order valence-electron chi connectivity index (χ0n) is 12.7. The van der Waals surface area contributed by atoms with Crippen molar-refractivity contribution in [1.82, 2.24) is 10.6 Å². The Balaban J connectivity index is 1.65. The number of benzene rings is 1. The van der Waals surface area contributed by atoms with Crippen LogP contribution in [0.3, 0.4) is 0 Å². The lowest BCUT2D eigenvalue weighted by Crippen LogP contribution is -2.38. The third kappa shape index (κ3) is 3.27. The van der Waals surface area contributed by atoms with Crippen molar-refractivity contribution in [3.8, 4) is 0 Å². The number of carbonyl (C=O) groups is 1. The van der Waals surface area contributed by atoms with E-state index >= 15 is 0 Å². The van der Waals surface area contributed by atoms with Crippen LogP contribution in [0, 0.1) is 0 Å². The van der Waals surface area contributed by atoms with Crippen molar-refractivity contribution >= 4 is 17.7 Å². The van der Waals surface area contributed by atoms with E-state index in [1.807, 2.05) is 17.8 Å². The molecule has 114 valence electrons. The fraction of sp³-hybridized carbons (Fsp3) is 0.588. The fourth-order valence-electron chi connectivity index (χ4n) is 3.44. The molecule has 1 aliphatic carbocycles. The molecule has 1 fully saturated rings. The van der Waals surface area contributed by atoms with Crippen molar-refractivity contribution in [1.29, 1.82) is 0 Å². The molecule has 1 aliphatic heterocycles. The monoisotopic (exact) mass is 304 g/mol. The summed E-state index contributed by atoms with van der Waals surface area (Å²) in [5.41, 5.74) is 3.45. The average molecular weight is 304 g/mol. The third-order valence-electron chi connectivity index (χ3n) is 4.87. The highest BCUT2D eigenvalue weighted by Crippen LogP contribution is 2.39. The molecule has 1 aromatic carbocycles. The lowest BCUT2D eigenvalue weighted by Gasteiger charge is -2.27. The average Bonchev–Trinajstić information content (AvgIpc) is 3.01. The van der Waals surface area contributed by atoms with E-state index in [1.54, 1.807) is 0 Å². The van der Waals surface area contributed by atoms with Gasteiger partial charge in [-0.1, -0.05) is 18.9 Å². The van der Waals surface area contributed by atoms with E-state index in [9.17, 15) is 4.79 Å². The normalized spacial score (nSPS) is 20.0. The van der Waals surface area contributed by atoms with Gasteiger partial charge in [0.05, 0.1) is 0 Å². The predicted molar refractivity (Wildman–Crippen MR) is 88.9 cm³/mol. The van der Waals surface area contributed by atoms with Crippen LogP contribution in [0.25, 0.3) is 0 Å². The zero-order valence-corrected chi connectivity index (χ0v) is 13.5. The molecule has 0 saturated heterocycles. The summed E-state index contributed by atoms with van der Waals surface area (Å²) in [6.07, 6.45) is 8.27. The minimum absolute atomic E-state index is 0.0729. The minimum atomic E-state index is 0.0729. The molecule has 0 atom stereocenters.